The lowest BCUT2D eigenvalue weighted by molar-refractivity contribution is 0.189. The highest BCUT2D eigenvalue weighted by molar-refractivity contribution is 9.10. The number of hydrogen-bond acceptors (Lipinski definition) is 4. The van der Waals surface area contributed by atoms with Crippen LogP contribution in [0.5, 0.6) is 5.75 Å². The molecule has 1 aromatic carbocycles. The highest BCUT2D eigenvalue weighted by Gasteiger charge is 2.10. The Morgan fingerprint density at radius 1 is 1.44 bits per heavy atom. The van der Waals surface area contributed by atoms with Crippen LogP contribution in [0.15, 0.2) is 33.3 Å². The van der Waals surface area contributed by atoms with Crippen LogP contribution >= 0.6 is 15.9 Å². The average Bonchev–Trinajstić information content (AvgIpc) is 2.72. The predicted octanol–water partition coefficient (Wildman–Crippen LogP) is 3.38. The van der Waals surface area contributed by atoms with Crippen LogP contribution in [-0.4, -0.2) is 10.3 Å². The number of halogens is 1. The van der Waals surface area contributed by atoms with E-state index in [4.69, 9.17) is 9.26 Å². The molecule has 18 heavy (non-hydrogen) atoms. The maximum Gasteiger partial charge on any atom is 0.134 e. The molecule has 0 aliphatic rings. The summed E-state index contributed by atoms with van der Waals surface area (Å²) in [6, 6.07) is 7.35. The number of aliphatic hydroxyl groups excluding tert-OH is 1. The van der Waals surface area contributed by atoms with Crippen molar-refractivity contribution >= 4 is 15.9 Å². The highest BCUT2D eigenvalue weighted by atomic mass is 79.9. The lowest BCUT2D eigenvalue weighted by atomic mass is 10.1. The van der Waals surface area contributed by atoms with Crippen LogP contribution in [0, 0.1) is 6.92 Å². The number of rotatable bonds is 4. The van der Waals surface area contributed by atoms with Crippen LogP contribution in [0.2, 0.25) is 0 Å². The van der Waals surface area contributed by atoms with Crippen LogP contribution in [0.25, 0.3) is 0 Å². The van der Waals surface area contributed by atoms with E-state index in [0.717, 1.165) is 21.5 Å². The largest absolute Gasteiger partial charge is 0.487 e. The first-order valence-corrected chi connectivity index (χ1v) is 6.38. The van der Waals surface area contributed by atoms with E-state index in [2.05, 4.69) is 21.1 Å². The molecular formula is C13H14BrNO3. The molecule has 5 heteroatoms. The van der Waals surface area contributed by atoms with Crippen molar-refractivity contribution in [2.75, 3.05) is 0 Å². The zero-order valence-corrected chi connectivity index (χ0v) is 11.8. The van der Waals surface area contributed by atoms with Gasteiger partial charge in [0.25, 0.3) is 0 Å². The third-order valence-corrected chi connectivity index (χ3v) is 2.97. The zero-order chi connectivity index (χ0) is 13.1. The van der Waals surface area contributed by atoms with Crippen LogP contribution in [-0.2, 0) is 6.61 Å². The molecule has 2 aromatic rings. The standard InChI is InChI=1S/C13H14BrNO3/c1-8-5-11(15-18-8)7-17-13-6-10(14)3-4-12(13)9(2)16/h3-6,9,16H,7H2,1-2H3/t9-/m1/s1. The summed E-state index contributed by atoms with van der Waals surface area (Å²) in [6.45, 7) is 3.85. The molecule has 0 aliphatic carbocycles. The van der Waals surface area contributed by atoms with E-state index in [9.17, 15) is 5.11 Å². The summed E-state index contributed by atoms with van der Waals surface area (Å²) in [5.74, 6) is 1.39. The number of ether oxygens (including phenoxy) is 1. The van der Waals surface area contributed by atoms with E-state index in [-0.39, 0.29) is 0 Å². The van der Waals surface area contributed by atoms with Gasteiger partial charge in [0.1, 0.15) is 23.8 Å². The first-order valence-electron chi connectivity index (χ1n) is 5.59. The van der Waals surface area contributed by atoms with Gasteiger partial charge < -0.3 is 14.4 Å². The second-order valence-electron chi connectivity index (χ2n) is 4.08. The molecule has 0 amide bonds. The molecule has 1 atom stereocenters. The van der Waals surface area contributed by atoms with Gasteiger partial charge in [-0.05, 0) is 26.0 Å². The van der Waals surface area contributed by atoms with Crippen LogP contribution in [0.4, 0.5) is 0 Å². The van der Waals surface area contributed by atoms with Gasteiger partial charge in [-0.25, -0.2) is 0 Å². The van der Waals surface area contributed by atoms with Gasteiger partial charge in [0, 0.05) is 16.1 Å². The Labute approximate surface area is 114 Å². The van der Waals surface area contributed by atoms with Crippen LogP contribution in [0.1, 0.15) is 30.0 Å². The number of aliphatic hydroxyl groups is 1. The van der Waals surface area contributed by atoms with E-state index < -0.39 is 6.10 Å². The smallest absolute Gasteiger partial charge is 0.134 e. The molecule has 0 spiro atoms. The van der Waals surface area contributed by atoms with Gasteiger partial charge in [-0.3, -0.25) is 0 Å². The Hall–Kier alpha value is -1.33. The number of benzene rings is 1. The first kappa shape index (κ1) is 13.1. The molecule has 1 aromatic heterocycles. The van der Waals surface area contributed by atoms with Crippen LogP contribution < -0.4 is 4.74 Å². The summed E-state index contributed by atoms with van der Waals surface area (Å²) in [7, 11) is 0. The third kappa shape index (κ3) is 3.11. The molecule has 0 aliphatic heterocycles. The minimum atomic E-state index is -0.577. The fourth-order valence-electron chi connectivity index (χ4n) is 1.62. The minimum absolute atomic E-state index is 0.313. The molecule has 1 heterocycles. The van der Waals surface area contributed by atoms with Crippen molar-refractivity contribution in [2.45, 2.75) is 26.6 Å². The van der Waals surface area contributed by atoms with Gasteiger partial charge in [0.2, 0.25) is 0 Å². The number of aryl methyl sites for hydroxylation is 1. The Morgan fingerprint density at radius 3 is 2.83 bits per heavy atom. The Balaban J connectivity index is 2.15. The quantitative estimate of drug-likeness (QED) is 0.940. The first-order chi connectivity index (χ1) is 8.56. The molecule has 0 saturated heterocycles. The molecule has 0 fully saturated rings. The van der Waals surface area contributed by atoms with Crippen molar-refractivity contribution in [3.8, 4) is 5.75 Å². The molecule has 0 unspecified atom stereocenters. The lowest BCUT2D eigenvalue weighted by Gasteiger charge is -2.12. The number of hydrogen-bond donors (Lipinski definition) is 1. The second kappa shape index (κ2) is 5.54. The van der Waals surface area contributed by atoms with Gasteiger partial charge in [-0.1, -0.05) is 27.2 Å². The van der Waals surface area contributed by atoms with Crippen molar-refractivity contribution in [3.05, 3.63) is 45.8 Å². The fraction of sp³-hybridized carbons (Fsp3) is 0.308. The zero-order valence-electron chi connectivity index (χ0n) is 10.2. The van der Waals surface area contributed by atoms with E-state index >= 15 is 0 Å². The predicted molar refractivity (Wildman–Crippen MR) is 70.3 cm³/mol. The lowest BCUT2D eigenvalue weighted by Crippen LogP contribution is -2.01. The van der Waals surface area contributed by atoms with Crippen molar-refractivity contribution in [2.24, 2.45) is 0 Å². The summed E-state index contributed by atoms with van der Waals surface area (Å²) >= 11 is 3.38. The Bertz CT molecular complexity index is 537. The normalized spacial score (nSPS) is 12.4. The van der Waals surface area contributed by atoms with Gasteiger partial charge >= 0.3 is 0 Å². The minimum Gasteiger partial charge on any atom is -0.487 e. The molecular weight excluding hydrogens is 298 g/mol. The second-order valence-corrected chi connectivity index (χ2v) is 4.99. The van der Waals surface area contributed by atoms with Gasteiger partial charge in [0.05, 0.1) is 6.10 Å². The van der Waals surface area contributed by atoms with Gasteiger partial charge in [0.15, 0.2) is 0 Å². The maximum absolute atomic E-state index is 9.67. The highest BCUT2D eigenvalue weighted by Crippen LogP contribution is 2.29. The Kier molecular flexibility index (Phi) is 4.04. The van der Waals surface area contributed by atoms with Crippen molar-refractivity contribution in [1.82, 2.24) is 5.16 Å². The molecule has 0 bridgehead atoms. The van der Waals surface area contributed by atoms with Gasteiger partial charge in [-0.2, -0.15) is 0 Å². The summed E-state index contributed by atoms with van der Waals surface area (Å²) in [5, 5.41) is 13.5. The number of aromatic nitrogens is 1. The molecule has 1 N–H and O–H groups in total. The SMILES string of the molecule is Cc1cc(COc2cc(Br)ccc2[C@@H](C)O)no1. The van der Waals surface area contributed by atoms with E-state index in [0.29, 0.717) is 12.4 Å². The molecule has 2 rings (SSSR count). The van der Waals surface area contributed by atoms with Crippen molar-refractivity contribution in [1.29, 1.82) is 0 Å². The number of nitrogens with zero attached hydrogens (tertiary/aromatic N) is 1. The van der Waals surface area contributed by atoms with E-state index in [1.54, 1.807) is 6.92 Å². The van der Waals surface area contributed by atoms with E-state index in [1.165, 1.54) is 0 Å². The molecule has 4 nitrogen and oxygen atoms in total. The van der Waals surface area contributed by atoms with Crippen molar-refractivity contribution < 1.29 is 14.4 Å². The van der Waals surface area contributed by atoms with Gasteiger partial charge in [-0.15, -0.1) is 0 Å². The summed E-state index contributed by atoms with van der Waals surface area (Å²) in [5.41, 5.74) is 1.47. The maximum atomic E-state index is 9.67. The summed E-state index contributed by atoms with van der Waals surface area (Å²) in [6.07, 6.45) is -0.577. The molecule has 96 valence electrons. The van der Waals surface area contributed by atoms with Crippen molar-refractivity contribution in [3.63, 3.8) is 0 Å². The molecule has 0 radical (unpaired) electrons. The fourth-order valence-corrected chi connectivity index (χ4v) is 1.96. The topological polar surface area (TPSA) is 55.5 Å². The van der Waals surface area contributed by atoms with Crippen LogP contribution in [0.3, 0.4) is 0 Å². The average molecular weight is 312 g/mol. The van der Waals surface area contributed by atoms with E-state index in [1.807, 2.05) is 31.2 Å². The monoisotopic (exact) mass is 311 g/mol. The third-order valence-electron chi connectivity index (χ3n) is 2.48. The molecule has 0 saturated carbocycles. The summed E-state index contributed by atoms with van der Waals surface area (Å²) in [4.78, 5) is 0. The Morgan fingerprint density at radius 2 is 2.22 bits per heavy atom. The summed E-state index contributed by atoms with van der Waals surface area (Å²) < 4.78 is 11.5.